The Balaban J connectivity index is 2.59. The minimum absolute atomic E-state index is 0.103. The molecule has 112 valence electrons. The zero-order chi connectivity index (χ0) is 15.9. The molecule has 2 rings (SSSR count). The first kappa shape index (κ1) is 15.4. The van der Waals surface area contributed by atoms with Crippen molar-refractivity contribution in [2.24, 2.45) is 10.9 Å². The van der Waals surface area contributed by atoms with Crippen LogP contribution in [0, 0.1) is 11.7 Å². The summed E-state index contributed by atoms with van der Waals surface area (Å²) >= 11 is 5.70. The summed E-state index contributed by atoms with van der Waals surface area (Å²) in [6, 6.07) is 2.34. The molecule has 0 radical (unpaired) electrons. The molecule has 21 heavy (non-hydrogen) atoms. The van der Waals surface area contributed by atoms with Crippen molar-refractivity contribution >= 4 is 29.3 Å². The number of hydrogen-bond acceptors (Lipinski definition) is 3. The van der Waals surface area contributed by atoms with Crippen LogP contribution in [0.1, 0.15) is 36.7 Å². The van der Waals surface area contributed by atoms with Crippen molar-refractivity contribution in [3.8, 4) is 0 Å². The molecular formula is C14H14ClFN2O3. The van der Waals surface area contributed by atoms with Gasteiger partial charge in [-0.1, -0.05) is 25.4 Å². The maximum absolute atomic E-state index is 14.2. The molecule has 0 saturated heterocycles. The van der Waals surface area contributed by atoms with Crippen LogP contribution in [-0.4, -0.2) is 28.4 Å². The third-order valence-corrected chi connectivity index (χ3v) is 4.04. The number of amidine groups is 1. The van der Waals surface area contributed by atoms with E-state index in [9.17, 15) is 14.0 Å². The SMILES string of the molecule is CC(C)C1(C)NC(c2c(C(=O)O)ccc(Cl)c2F)=NC1=O. The van der Waals surface area contributed by atoms with Crippen molar-refractivity contribution in [3.05, 3.63) is 34.1 Å². The molecule has 2 N–H and O–H groups in total. The Kier molecular flexibility index (Phi) is 3.76. The van der Waals surface area contributed by atoms with Crippen LogP contribution < -0.4 is 5.32 Å². The highest BCUT2D eigenvalue weighted by atomic mass is 35.5. The summed E-state index contributed by atoms with van der Waals surface area (Å²) in [5.74, 6) is -2.92. The number of carbonyl (C=O) groups excluding carboxylic acids is 1. The first-order chi connectivity index (χ1) is 9.68. The van der Waals surface area contributed by atoms with E-state index in [1.165, 1.54) is 6.07 Å². The Morgan fingerprint density at radius 3 is 2.57 bits per heavy atom. The van der Waals surface area contributed by atoms with E-state index < -0.39 is 23.2 Å². The average Bonchev–Trinajstić information content (AvgIpc) is 2.69. The number of amides is 1. The van der Waals surface area contributed by atoms with Crippen molar-refractivity contribution in [1.29, 1.82) is 0 Å². The van der Waals surface area contributed by atoms with Gasteiger partial charge in [0.15, 0.2) is 5.82 Å². The van der Waals surface area contributed by atoms with E-state index in [1.807, 2.05) is 13.8 Å². The highest BCUT2D eigenvalue weighted by Gasteiger charge is 2.43. The van der Waals surface area contributed by atoms with Crippen molar-refractivity contribution in [1.82, 2.24) is 5.32 Å². The third-order valence-electron chi connectivity index (χ3n) is 3.75. The lowest BCUT2D eigenvalue weighted by molar-refractivity contribution is -0.123. The molecule has 1 heterocycles. The van der Waals surface area contributed by atoms with Gasteiger partial charge in [0.05, 0.1) is 16.1 Å². The second-order valence-electron chi connectivity index (χ2n) is 5.34. The predicted molar refractivity (Wildman–Crippen MR) is 76.3 cm³/mol. The number of aromatic carboxylic acids is 1. The van der Waals surface area contributed by atoms with Crippen LogP contribution in [0.5, 0.6) is 0 Å². The van der Waals surface area contributed by atoms with E-state index in [1.54, 1.807) is 6.92 Å². The molecule has 5 nitrogen and oxygen atoms in total. The van der Waals surface area contributed by atoms with Crippen LogP contribution in [0.2, 0.25) is 5.02 Å². The van der Waals surface area contributed by atoms with Crippen LogP contribution in [0.15, 0.2) is 17.1 Å². The van der Waals surface area contributed by atoms with Crippen LogP contribution in [0.3, 0.4) is 0 Å². The van der Waals surface area contributed by atoms with Gasteiger partial charge in [0.25, 0.3) is 5.91 Å². The molecule has 1 unspecified atom stereocenters. The molecule has 1 aromatic carbocycles. The zero-order valence-corrected chi connectivity index (χ0v) is 12.5. The largest absolute Gasteiger partial charge is 0.478 e. The second kappa shape index (κ2) is 5.11. The van der Waals surface area contributed by atoms with E-state index in [4.69, 9.17) is 16.7 Å². The molecule has 0 aliphatic carbocycles. The predicted octanol–water partition coefficient (Wildman–Crippen LogP) is 2.47. The first-order valence-corrected chi connectivity index (χ1v) is 6.69. The summed E-state index contributed by atoms with van der Waals surface area (Å²) < 4.78 is 14.2. The van der Waals surface area contributed by atoms with Gasteiger partial charge in [0.2, 0.25) is 0 Å². The molecule has 1 atom stereocenters. The molecule has 0 aromatic heterocycles. The molecule has 0 saturated carbocycles. The van der Waals surface area contributed by atoms with E-state index in [-0.39, 0.29) is 27.9 Å². The number of halogens is 2. The van der Waals surface area contributed by atoms with E-state index >= 15 is 0 Å². The van der Waals surface area contributed by atoms with Gasteiger partial charge in [-0.3, -0.25) is 4.79 Å². The lowest BCUT2D eigenvalue weighted by Gasteiger charge is -2.27. The van der Waals surface area contributed by atoms with Crippen LogP contribution in [0.25, 0.3) is 0 Å². The fourth-order valence-corrected chi connectivity index (χ4v) is 2.17. The van der Waals surface area contributed by atoms with Crippen molar-refractivity contribution in [2.45, 2.75) is 26.3 Å². The van der Waals surface area contributed by atoms with Gasteiger partial charge in [-0.2, -0.15) is 4.99 Å². The minimum atomic E-state index is -1.32. The van der Waals surface area contributed by atoms with Crippen molar-refractivity contribution < 1.29 is 19.1 Å². The minimum Gasteiger partial charge on any atom is -0.478 e. The maximum atomic E-state index is 14.2. The number of carboxylic acid groups (broad SMARTS) is 1. The number of nitrogens with one attached hydrogen (secondary N) is 1. The smallest absolute Gasteiger partial charge is 0.336 e. The van der Waals surface area contributed by atoms with Crippen molar-refractivity contribution in [2.75, 3.05) is 0 Å². The van der Waals surface area contributed by atoms with Crippen LogP contribution in [-0.2, 0) is 4.79 Å². The van der Waals surface area contributed by atoms with Gasteiger partial charge in [-0.25, -0.2) is 9.18 Å². The Labute approximate surface area is 125 Å². The first-order valence-electron chi connectivity index (χ1n) is 6.31. The highest BCUT2D eigenvalue weighted by Crippen LogP contribution is 2.28. The van der Waals surface area contributed by atoms with Gasteiger partial charge >= 0.3 is 5.97 Å². The Hall–Kier alpha value is -1.95. The summed E-state index contributed by atoms with van der Waals surface area (Å²) in [4.78, 5) is 27.1. The highest BCUT2D eigenvalue weighted by molar-refractivity contribution is 6.31. The van der Waals surface area contributed by atoms with Crippen molar-refractivity contribution in [3.63, 3.8) is 0 Å². The average molecular weight is 313 g/mol. The maximum Gasteiger partial charge on any atom is 0.336 e. The second-order valence-corrected chi connectivity index (χ2v) is 5.74. The van der Waals surface area contributed by atoms with E-state index in [0.29, 0.717) is 0 Å². The molecule has 1 aromatic rings. The number of aliphatic imine (C=N–C) groups is 1. The quantitative estimate of drug-likeness (QED) is 0.898. The van der Waals surface area contributed by atoms with Crippen LogP contribution in [0.4, 0.5) is 4.39 Å². The van der Waals surface area contributed by atoms with E-state index in [2.05, 4.69) is 10.3 Å². The van der Waals surface area contributed by atoms with Gasteiger partial charge in [-0.05, 0) is 25.0 Å². The Morgan fingerprint density at radius 2 is 2.10 bits per heavy atom. The summed E-state index contributed by atoms with van der Waals surface area (Å²) in [5, 5.41) is 11.8. The number of hydrogen-bond donors (Lipinski definition) is 2. The standard InChI is InChI=1S/C14H14ClFN2O3/c1-6(2)14(3)13(21)17-11(18-14)9-7(12(19)20)4-5-8(15)10(9)16/h4-6H,1-3H3,(H,19,20)(H,17,18,21). The summed E-state index contributed by atoms with van der Waals surface area (Å²) in [7, 11) is 0. The number of benzene rings is 1. The fourth-order valence-electron chi connectivity index (χ4n) is 2.02. The number of nitrogens with zero attached hydrogens (tertiary/aromatic N) is 1. The molecule has 0 bridgehead atoms. The zero-order valence-electron chi connectivity index (χ0n) is 11.7. The molecule has 7 heteroatoms. The molecule has 1 aliphatic heterocycles. The topological polar surface area (TPSA) is 78.8 Å². The summed E-state index contributed by atoms with van der Waals surface area (Å²) in [6.07, 6.45) is 0. The number of carboxylic acids is 1. The van der Waals surface area contributed by atoms with Gasteiger partial charge < -0.3 is 10.4 Å². The van der Waals surface area contributed by atoms with Gasteiger partial charge in [0, 0.05) is 0 Å². The molecule has 1 amide bonds. The normalized spacial score (nSPS) is 21.4. The number of rotatable bonds is 3. The lowest BCUT2D eigenvalue weighted by atomic mass is 9.88. The van der Waals surface area contributed by atoms with E-state index in [0.717, 1.165) is 6.07 Å². The molecule has 0 fully saturated rings. The summed E-state index contributed by atoms with van der Waals surface area (Å²) in [6.45, 7) is 5.27. The summed E-state index contributed by atoms with van der Waals surface area (Å²) in [5.41, 5.74) is -1.60. The molecule has 1 aliphatic rings. The Morgan fingerprint density at radius 1 is 1.48 bits per heavy atom. The molecular weight excluding hydrogens is 299 g/mol. The lowest BCUT2D eigenvalue weighted by Crippen LogP contribution is -2.50. The van der Waals surface area contributed by atoms with Crippen LogP contribution >= 0.6 is 11.6 Å². The molecule has 0 spiro atoms. The van der Waals surface area contributed by atoms with Gasteiger partial charge in [0.1, 0.15) is 11.4 Å². The monoisotopic (exact) mass is 312 g/mol. The van der Waals surface area contributed by atoms with Gasteiger partial charge in [-0.15, -0.1) is 0 Å². The Bertz CT molecular complexity index is 672. The number of carbonyl (C=O) groups is 2. The fraction of sp³-hybridized carbons (Fsp3) is 0.357. The third kappa shape index (κ3) is 2.40.